The lowest BCUT2D eigenvalue weighted by atomic mass is 10.1. The van der Waals surface area contributed by atoms with E-state index in [2.05, 4.69) is 11.8 Å². The predicted octanol–water partition coefficient (Wildman–Crippen LogP) is 1.33. The van der Waals surface area contributed by atoms with Gasteiger partial charge in [0.1, 0.15) is 0 Å². The van der Waals surface area contributed by atoms with E-state index in [4.69, 9.17) is 5.41 Å². The Hall–Kier alpha value is -0.530. The lowest BCUT2D eigenvalue weighted by Crippen LogP contribution is -2.17. The van der Waals surface area contributed by atoms with E-state index in [0.29, 0.717) is 0 Å². The number of rotatable bonds is 2. The summed E-state index contributed by atoms with van der Waals surface area (Å²) in [5, 5.41) is 6.97. The molecule has 9 heavy (non-hydrogen) atoms. The van der Waals surface area contributed by atoms with E-state index < -0.39 is 0 Å². The minimum atomic E-state index is 0.853. The van der Waals surface area contributed by atoms with Crippen LogP contribution in [0.4, 0.5) is 0 Å². The van der Waals surface area contributed by atoms with Gasteiger partial charge in [-0.15, -0.1) is 0 Å². The zero-order valence-corrected chi connectivity index (χ0v) is 5.93. The van der Waals surface area contributed by atoms with E-state index in [1.54, 1.807) is 0 Å². The summed E-state index contributed by atoms with van der Waals surface area (Å²) >= 11 is 0. The quantitative estimate of drug-likeness (QED) is 0.438. The van der Waals surface area contributed by atoms with Crippen molar-refractivity contribution in [1.29, 1.82) is 5.41 Å². The van der Waals surface area contributed by atoms with Gasteiger partial charge in [-0.05, 0) is 12.3 Å². The molecule has 0 amide bonds. The molecule has 0 aromatic heterocycles. The van der Waals surface area contributed by atoms with Gasteiger partial charge in [-0.3, -0.25) is 5.41 Å². The van der Waals surface area contributed by atoms with E-state index in [1.807, 2.05) is 0 Å². The molecule has 1 saturated heterocycles. The highest BCUT2D eigenvalue weighted by atomic mass is 15.1. The summed E-state index contributed by atoms with van der Waals surface area (Å²) in [6.07, 6.45) is 4.01. The van der Waals surface area contributed by atoms with Gasteiger partial charge < -0.3 is 4.90 Å². The Morgan fingerprint density at radius 3 is 2.89 bits per heavy atom. The second-order valence-electron chi connectivity index (χ2n) is 2.69. The van der Waals surface area contributed by atoms with Crippen LogP contribution >= 0.6 is 0 Å². The van der Waals surface area contributed by atoms with E-state index >= 15 is 0 Å². The van der Waals surface area contributed by atoms with Crippen molar-refractivity contribution in [3.63, 3.8) is 0 Å². The molecule has 0 aromatic rings. The fourth-order valence-electron chi connectivity index (χ4n) is 1.31. The monoisotopic (exact) mass is 126 g/mol. The van der Waals surface area contributed by atoms with E-state index in [-0.39, 0.29) is 0 Å². The molecular weight excluding hydrogens is 112 g/mol. The molecule has 2 nitrogen and oxygen atoms in total. The highest BCUT2D eigenvalue weighted by molar-refractivity contribution is 5.50. The van der Waals surface area contributed by atoms with E-state index in [9.17, 15) is 0 Å². The summed E-state index contributed by atoms with van der Waals surface area (Å²) in [4.78, 5) is 2.08. The Labute approximate surface area is 56.4 Å². The smallest absolute Gasteiger partial charge is 0.0817 e. The maximum Gasteiger partial charge on any atom is 0.0817 e. The summed E-state index contributed by atoms with van der Waals surface area (Å²) in [5.74, 6) is 0.853. The van der Waals surface area contributed by atoms with E-state index in [1.165, 1.54) is 19.2 Å². The SMILES string of the molecule is CC[C@@H]1CCN(C=N)C1. The molecule has 0 aromatic carbocycles. The number of hydrogen-bond donors (Lipinski definition) is 1. The first-order valence-corrected chi connectivity index (χ1v) is 3.61. The van der Waals surface area contributed by atoms with Gasteiger partial charge in [0, 0.05) is 13.1 Å². The summed E-state index contributed by atoms with van der Waals surface area (Å²) in [6.45, 7) is 4.43. The second kappa shape index (κ2) is 2.85. The molecule has 1 rings (SSSR count). The summed E-state index contributed by atoms with van der Waals surface area (Å²) in [6, 6.07) is 0. The predicted molar refractivity (Wildman–Crippen MR) is 38.8 cm³/mol. The molecule has 2 heteroatoms. The third-order valence-electron chi connectivity index (χ3n) is 2.08. The maximum absolute atomic E-state index is 6.97. The lowest BCUT2D eigenvalue weighted by molar-refractivity contribution is 0.481. The molecule has 1 aliphatic rings. The molecule has 1 fully saturated rings. The van der Waals surface area contributed by atoms with Gasteiger partial charge in [-0.2, -0.15) is 0 Å². The maximum atomic E-state index is 6.97. The molecule has 1 heterocycles. The van der Waals surface area contributed by atoms with Gasteiger partial charge in [-0.1, -0.05) is 13.3 Å². The Bertz CT molecular complexity index is 101. The number of nitrogens with zero attached hydrogens (tertiary/aromatic N) is 1. The van der Waals surface area contributed by atoms with Crippen molar-refractivity contribution in [2.45, 2.75) is 19.8 Å². The normalized spacial score (nSPS) is 26.8. The van der Waals surface area contributed by atoms with Crippen LogP contribution in [-0.2, 0) is 0 Å². The van der Waals surface area contributed by atoms with Gasteiger partial charge in [0.15, 0.2) is 0 Å². The summed E-state index contributed by atoms with van der Waals surface area (Å²) in [7, 11) is 0. The van der Waals surface area contributed by atoms with Crippen LogP contribution in [-0.4, -0.2) is 24.3 Å². The zero-order valence-electron chi connectivity index (χ0n) is 5.93. The molecular formula is C7H14N2. The number of likely N-dealkylation sites (tertiary alicyclic amines) is 1. The molecule has 1 N–H and O–H groups in total. The highest BCUT2D eigenvalue weighted by Crippen LogP contribution is 2.16. The van der Waals surface area contributed by atoms with Crippen LogP contribution < -0.4 is 0 Å². The van der Waals surface area contributed by atoms with E-state index in [0.717, 1.165) is 19.0 Å². The molecule has 1 atom stereocenters. The van der Waals surface area contributed by atoms with Crippen molar-refractivity contribution in [2.24, 2.45) is 5.92 Å². The Morgan fingerprint density at radius 2 is 2.56 bits per heavy atom. The Morgan fingerprint density at radius 1 is 1.78 bits per heavy atom. The first-order chi connectivity index (χ1) is 4.36. The van der Waals surface area contributed by atoms with Crippen molar-refractivity contribution < 1.29 is 0 Å². The Balaban J connectivity index is 2.28. The Kier molecular flexibility index (Phi) is 2.09. The summed E-state index contributed by atoms with van der Waals surface area (Å²) in [5.41, 5.74) is 0. The van der Waals surface area contributed by atoms with Crippen molar-refractivity contribution in [1.82, 2.24) is 4.90 Å². The van der Waals surface area contributed by atoms with Crippen LogP contribution in [0.3, 0.4) is 0 Å². The zero-order chi connectivity index (χ0) is 6.69. The van der Waals surface area contributed by atoms with Gasteiger partial charge in [0.2, 0.25) is 0 Å². The summed E-state index contributed by atoms with van der Waals surface area (Å²) < 4.78 is 0. The largest absolute Gasteiger partial charge is 0.363 e. The van der Waals surface area contributed by atoms with Gasteiger partial charge >= 0.3 is 0 Å². The van der Waals surface area contributed by atoms with Crippen molar-refractivity contribution in [3.05, 3.63) is 0 Å². The lowest BCUT2D eigenvalue weighted by Gasteiger charge is -2.08. The van der Waals surface area contributed by atoms with Crippen LogP contribution in [0.2, 0.25) is 0 Å². The van der Waals surface area contributed by atoms with Crippen molar-refractivity contribution in [2.75, 3.05) is 13.1 Å². The average molecular weight is 126 g/mol. The van der Waals surface area contributed by atoms with Gasteiger partial charge in [0.25, 0.3) is 0 Å². The van der Waals surface area contributed by atoms with Crippen LogP contribution in [0.25, 0.3) is 0 Å². The molecule has 1 aliphatic heterocycles. The first-order valence-electron chi connectivity index (χ1n) is 3.61. The van der Waals surface area contributed by atoms with Crippen LogP contribution in [0.1, 0.15) is 19.8 Å². The third kappa shape index (κ3) is 1.44. The number of hydrogen-bond acceptors (Lipinski definition) is 1. The molecule has 0 spiro atoms. The molecule has 52 valence electrons. The molecule has 0 unspecified atom stereocenters. The standard InChI is InChI=1S/C7H14N2/c1-2-7-3-4-9(5-7)6-8/h6-8H,2-5H2,1H3/t7-/m1/s1. The minimum absolute atomic E-state index is 0.853. The van der Waals surface area contributed by atoms with Crippen LogP contribution in [0.15, 0.2) is 0 Å². The van der Waals surface area contributed by atoms with Crippen LogP contribution in [0, 0.1) is 11.3 Å². The molecule has 0 saturated carbocycles. The highest BCUT2D eigenvalue weighted by Gasteiger charge is 2.17. The first kappa shape index (κ1) is 6.59. The number of nitrogens with one attached hydrogen (secondary N) is 1. The second-order valence-corrected chi connectivity index (χ2v) is 2.69. The molecule has 0 radical (unpaired) electrons. The topological polar surface area (TPSA) is 27.1 Å². The van der Waals surface area contributed by atoms with Crippen molar-refractivity contribution >= 4 is 6.34 Å². The van der Waals surface area contributed by atoms with Crippen molar-refractivity contribution in [3.8, 4) is 0 Å². The van der Waals surface area contributed by atoms with Gasteiger partial charge in [0.05, 0.1) is 6.34 Å². The fraction of sp³-hybridized carbons (Fsp3) is 0.857. The molecule has 0 bridgehead atoms. The molecule has 0 aliphatic carbocycles. The average Bonchev–Trinajstić information content (AvgIpc) is 2.34. The van der Waals surface area contributed by atoms with Gasteiger partial charge in [-0.25, -0.2) is 0 Å². The third-order valence-corrected chi connectivity index (χ3v) is 2.08. The minimum Gasteiger partial charge on any atom is -0.363 e. The fourth-order valence-corrected chi connectivity index (χ4v) is 1.31. The van der Waals surface area contributed by atoms with Crippen LogP contribution in [0.5, 0.6) is 0 Å².